The van der Waals surface area contributed by atoms with E-state index in [0.29, 0.717) is 0 Å². The zero-order chi connectivity index (χ0) is 25.5. The van der Waals surface area contributed by atoms with Crippen molar-refractivity contribution >= 4 is 27.0 Å². The van der Waals surface area contributed by atoms with Crippen molar-refractivity contribution in [3.63, 3.8) is 0 Å². The van der Waals surface area contributed by atoms with E-state index in [9.17, 15) is 0 Å². The van der Waals surface area contributed by atoms with Gasteiger partial charge in [0.25, 0.3) is 0 Å². The van der Waals surface area contributed by atoms with Gasteiger partial charge in [-0.15, -0.1) is 69.1 Å². The van der Waals surface area contributed by atoms with Crippen LogP contribution in [0, 0.1) is 13.8 Å². The number of rotatable bonds is 2. The standard InChI is InChI=1S/2C15H12N.C2H6Si.2ClH.Zr/c2*1-11-9-12-5-4-6-13(14(12)10-11)15-7-2-3-8-16-15;1-3-2;;;/h2*2-10H,1H3;1-2H3;2*1H;/q2*-1;;;;+2/p-2. The van der Waals surface area contributed by atoms with Crippen LogP contribution in [0.3, 0.4) is 0 Å². The first-order valence-corrected chi connectivity index (χ1v) is 18.3. The van der Waals surface area contributed by atoms with Gasteiger partial charge >= 0.3 is 41.9 Å². The van der Waals surface area contributed by atoms with Crippen LogP contribution in [0.15, 0.2) is 109 Å². The summed E-state index contributed by atoms with van der Waals surface area (Å²) in [5, 5.41) is 5.17. The number of hydrogen-bond donors (Lipinski definition) is 0. The molecule has 2 heterocycles. The summed E-state index contributed by atoms with van der Waals surface area (Å²) in [6, 6.07) is 33.6. The van der Waals surface area contributed by atoms with Crippen molar-refractivity contribution in [2.24, 2.45) is 0 Å². The van der Waals surface area contributed by atoms with Crippen LogP contribution < -0.4 is 24.8 Å². The van der Waals surface area contributed by atoms with Gasteiger partial charge in [-0.25, -0.2) is 0 Å². The molecule has 0 saturated heterocycles. The quantitative estimate of drug-likeness (QED) is 0.217. The maximum Gasteiger partial charge on any atom is 0.0607 e. The van der Waals surface area contributed by atoms with Crippen LogP contribution in [0.2, 0.25) is 13.1 Å². The van der Waals surface area contributed by atoms with Crippen LogP contribution in [0.5, 0.6) is 0 Å². The Bertz CT molecular complexity index is 1470. The third kappa shape index (κ3) is 8.32. The molecule has 0 aliphatic heterocycles. The second-order valence-corrected chi connectivity index (χ2v) is 18.5. The van der Waals surface area contributed by atoms with E-state index in [4.69, 9.17) is 0 Å². The summed E-state index contributed by atoms with van der Waals surface area (Å²) in [6.07, 6.45) is 3.67. The molecule has 6 heteroatoms. The van der Waals surface area contributed by atoms with Gasteiger partial charge < -0.3 is 24.8 Å². The Balaban J connectivity index is 0.000000224. The van der Waals surface area contributed by atoms with Gasteiger partial charge in [-0.2, -0.15) is 12.1 Å². The van der Waals surface area contributed by atoms with Gasteiger partial charge in [0.2, 0.25) is 0 Å². The predicted octanol–water partition coefficient (Wildman–Crippen LogP) is 2.65. The molecule has 0 aliphatic carbocycles. The minimum absolute atomic E-state index is 0. The molecule has 2 nitrogen and oxygen atoms in total. The molecule has 0 unspecified atom stereocenters. The zero-order valence-corrected chi connectivity index (χ0v) is 27.0. The van der Waals surface area contributed by atoms with Gasteiger partial charge in [-0.1, -0.05) is 38.1 Å². The second kappa shape index (κ2) is 15.3. The van der Waals surface area contributed by atoms with E-state index in [1.54, 1.807) is 23.3 Å². The molecule has 0 atom stereocenters. The molecular formula is C32H30Cl2N2SiZr-2. The number of pyridine rings is 2. The van der Waals surface area contributed by atoms with Crippen LogP contribution in [-0.2, 0) is 23.3 Å². The molecular weight excluding hydrogens is 603 g/mol. The van der Waals surface area contributed by atoms with Gasteiger partial charge in [0.05, 0.1) is 11.4 Å². The summed E-state index contributed by atoms with van der Waals surface area (Å²) in [5.74, 6) is 0. The van der Waals surface area contributed by atoms with Gasteiger partial charge in [0.1, 0.15) is 0 Å². The van der Waals surface area contributed by atoms with Crippen LogP contribution in [0.4, 0.5) is 0 Å². The van der Waals surface area contributed by atoms with Crippen LogP contribution in [0.1, 0.15) is 11.1 Å². The smallest absolute Gasteiger partial charge is 0.0607 e. The summed E-state index contributed by atoms with van der Waals surface area (Å²) in [4.78, 5) is 8.82. The molecule has 6 rings (SSSR count). The van der Waals surface area contributed by atoms with E-state index < -0.39 is 0 Å². The number of benzene rings is 2. The molecule has 0 N–H and O–H groups in total. The molecule has 192 valence electrons. The largest absolute Gasteiger partial charge is 1.00 e. The average Bonchev–Trinajstić information content (AvgIpc) is 3.45. The molecule has 0 radical (unpaired) electrons. The Labute approximate surface area is 253 Å². The Morgan fingerprint density at radius 1 is 0.605 bits per heavy atom. The zero-order valence-electron chi connectivity index (χ0n) is 22.0. The van der Waals surface area contributed by atoms with Crippen molar-refractivity contribution in [2.45, 2.75) is 26.9 Å². The molecule has 6 aromatic rings. The summed E-state index contributed by atoms with van der Waals surface area (Å²) < 4.78 is 0. The first-order chi connectivity index (χ1) is 17.4. The third-order valence-corrected chi connectivity index (χ3v) is 5.67. The molecule has 0 fully saturated rings. The SMILES string of the molecule is C[Si](C)=[Zr+2].Cc1cc2c(-c3ccccn3)cccc2[cH-]1.Cc1cc2c(-c3ccccn3)cccc2[cH-]1.[Cl-].[Cl-]. The maximum atomic E-state index is 4.41. The Morgan fingerprint density at radius 2 is 1.00 bits per heavy atom. The van der Waals surface area contributed by atoms with Gasteiger partial charge in [0.15, 0.2) is 0 Å². The van der Waals surface area contributed by atoms with E-state index >= 15 is 0 Å². The van der Waals surface area contributed by atoms with E-state index in [1.165, 1.54) is 43.8 Å². The number of aryl methyl sites for hydroxylation is 2. The topological polar surface area (TPSA) is 25.8 Å². The normalized spacial score (nSPS) is 9.84. The predicted molar refractivity (Wildman–Crippen MR) is 152 cm³/mol. The number of aromatic nitrogens is 2. The van der Waals surface area contributed by atoms with Crippen LogP contribution in [0.25, 0.3) is 44.1 Å². The summed E-state index contributed by atoms with van der Waals surface area (Å²) in [5.41, 5.74) is 7.33. The summed E-state index contributed by atoms with van der Waals surface area (Å²) in [6.45, 7) is 8.87. The van der Waals surface area contributed by atoms with Gasteiger partial charge in [0, 0.05) is 12.4 Å². The second-order valence-electron chi connectivity index (χ2n) is 9.11. The Hall–Kier alpha value is -2.36. The minimum Gasteiger partial charge on any atom is -1.00 e. The number of hydrogen-bond acceptors (Lipinski definition) is 2. The summed E-state index contributed by atoms with van der Waals surface area (Å²) in [7, 11) is 0. The molecule has 2 aromatic heterocycles. The van der Waals surface area contributed by atoms with E-state index in [-0.39, 0.29) is 30.2 Å². The first kappa shape index (κ1) is 31.9. The molecule has 4 aromatic carbocycles. The summed E-state index contributed by atoms with van der Waals surface area (Å²) >= 11 is 1.74. The van der Waals surface area contributed by atoms with Crippen molar-refractivity contribution in [1.82, 2.24) is 9.97 Å². The fraction of sp³-hybridized carbons (Fsp3) is 0.125. The van der Waals surface area contributed by atoms with Crippen LogP contribution in [-0.4, -0.2) is 15.4 Å². The van der Waals surface area contributed by atoms with E-state index in [1.807, 2.05) is 36.7 Å². The third-order valence-electron chi connectivity index (χ3n) is 5.67. The fourth-order valence-corrected chi connectivity index (χ4v) is 4.26. The molecule has 0 amide bonds. The average molecular weight is 633 g/mol. The maximum absolute atomic E-state index is 4.41. The number of nitrogens with zero attached hydrogens (tertiary/aromatic N) is 2. The van der Waals surface area contributed by atoms with Crippen LogP contribution >= 0.6 is 0 Å². The molecule has 0 bridgehead atoms. The van der Waals surface area contributed by atoms with Crippen molar-refractivity contribution in [1.29, 1.82) is 0 Å². The monoisotopic (exact) mass is 630 g/mol. The molecule has 0 spiro atoms. The van der Waals surface area contributed by atoms with Crippen molar-refractivity contribution in [3.05, 3.63) is 121 Å². The van der Waals surface area contributed by atoms with Gasteiger partial charge in [-0.05, 0) is 35.4 Å². The molecule has 38 heavy (non-hydrogen) atoms. The van der Waals surface area contributed by atoms with Crippen molar-refractivity contribution in [2.75, 3.05) is 0 Å². The number of fused-ring (bicyclic) bond motifs is 2. The first-order valence-electron chi connectivity index (χ1n) is 12.1. The Morgan fingerprint density at radius 3 is 1.34 bits per heavy atom. The van der Waals surface area contributed by atoms with Gasteiger partial charge in [-0.3, -0.25) is 9.97 Å². The minimum atomic E-state index is 0. The Kier molecular flexibility index (Phi) is 12.8. The number of halogens is 2. The molecule has 0 saturated carbocycles. The van der Waals surface area contributed by atoms with E-state index in [0.717, 1.165) is 11.4 Å². The molecule has 0 aliphatic rings. The van der Waals surface area contributed by atoms with Crippen molar-refractivity contribution < 1.29 is 48.1 Å². The van der Waals surface area contributed by atoms with E-state index in [2.05, 4.69) is 110 Å². The fourth-order valence-electron chi connectivity index (χ4n) is 4.26. The van der Waals surface area contributed by atoms with Crippen molar-refractivity contribution in [3.8, 4) is 22.5 Å².